The first-order valence-corrected chi connectivity index (χ1v) is 32.4. The molecule has 0 aliphatic rings. The van der Waals surface area contributed by atoms with Gasteiger partial charge in [0.05, 0.1) is 33.8 Å². The van der Waals surface area contributed by atoms with E-state index >= 15 is 0 Å². The van der Waals surface area contributed by atoms with Gasteiger partial charge in [-0.1, -0.05) is 241 Å². The van der Waals surface area contributed by atoms with Crippen LogP contribution >= 0.6 is 7.82 Å². The van der Waals surface area contributed by atoms with E-state index in [1.54, 1.807) is 0 Å². The molecule has 0 aromatic rings. The highest BCUT2D eigenvalue weighted by Crippen LogP contribution is 2.38. The fourth-order valence-electron chi connectivity index (χ4n) is 8.50. The summed E-state index contributed by atoms with van der Waals surface area (Å²) in [5, 5.41) is 2.98. The van der Waals surface area contributed by atoms with Crippen molar-refractivity contribution in [2.75, 3.05) is 40.9 Å². The lowest BCUT2D eigenvalue weighted by atomic mass is 10.1. The third kappa shape index (κ3) is 55.7. The molecule has 0 spiro atoms. The second-order valence-electron chi connectivity index (χ2n) is 21.8. The summed E-state index contributed by atoms with van der Waals surface area (Å²) in [5.74, 6) is -0.628. The van der Waals surface area contributed by atoms with Crippen LogP contribution in [0.25, 0.3) is 0 Å². The van der Waals surface area contributed by atoms with E-state index in [2.05, 4.69) is 92.9 Å². The van der Waals surface area contributed by atoms with Crippen molar-refractivity contribution in [1.82, 2.24) is 5.32 Å². The predicted octanol–water partition coefficient (Wildman–Crippen LogP) is 18.4. The van der Waals surface area contributed by atoms with Crippen LogP contribution in [0.3, 0.4) is 0 Å². The van der Waals surface area contributed by atoms with E-state index in [1.807, 2.05) is 39.4 Å². The van der Waals surface area contributed by atoms with Crippen molar-refractivity contribution in [3.8, 4) is 0 Å². The summed E-state index contributed by atoms with van der Waals surface area (Å²) < 4.78 is 30.2. The zero-order valence-corrected chi connectivity index (χ0v) is 50.4. The van der Waals surface area contributed by atoms with Crippen LogP contribution in [0.15, 0.2) is 85.1 Å². The minimum absolute atomic E-state index is 0.0355. The molecule has 0 heterocycles. The number of phosphoric ester groups is 1. The highest BCUT2D eigenvalue weighted by atomic mass is 31.2. The molecule has 0 aromatic heterocycles. The van der Waals surface area contributed by atoms with Crippen molar-refractivity contribution in [3.63, 3.8) is 0 Å². The fraction of sp³-hybridized carbons (Fsp3) is 0.754. The summed E-state index contributed by atoms with van der Waals surface area (Å²) >= 11 is 0. The number of carbonyl (C=O) groups is 2. The van der Waals surface area contributed by atoms with Crippen LogP contribution < -0.4 is 10.2 Å². The van der Waals surface area contributed by atoms with E-state index in [0.717, 1.165) is 77.0 Å². The number of hydrogen-bond donors (Lipinski definition) is 1. The fourth-order valence-corrected chi connectivity index (χ4v) is 9.22. The molecular weight excluding hydrogens is 952 g/mol. The molecule has 0 aromatic carbocycles. The topological polar surface area (TPSA) is 114 Å². The van der Waals surface area contributed by atoms with Gasteiger partial charge in [0.1, 0.15) is 19.3 Å². The zero-order chi connectivity index (χ0) is 55.0. The quantitative estimate of drug-likeness (QED) is 0.0212. The van der Waals surface area contributed by atoms with Crippen molar-refractivity contribution in [3.05, 3.63) is 85.1 Å². The van der Waals surface area contributed by atoms with Crippen LogP contribution in [-0.2, 0) is 27.9 Å². The molecule has 10 heteroatoms. The number of nitrogens with one attached hydrogen (secondary N) is 1. The van der Waals surface area contributed by atoms with Gasteiger partial charge in [-0.2, -0.15) is 0 Å². The lowest BCUT2D eigenvalue weighted by Crippen LogP contribution is -2.47. The average molecular weight is 1070 g/mol. The zero-order valence-electron chi connectivity index (χ0n) is 49.5. The molecule has 0 radical (unpaired) electrons. The molecule has 1 N–H and O–H groups in total. The molecule has 75 heavy (non-hydrogen) atoms. The number of quaternary nitrogens is 1. The van der Waals surface area contributed by atoms with Crippen molar-refractivity contribution < 1.29 is 37.3 Å². The number of ether oxygens (including phenoxy) is 1. The first-order valence-electron chi connectivity index (χ1n) is 30.9. The molecule has 0 saturated carbocycles. The molecule has 0 rings (SSSR count). The SMILES string of the molecule is CCCCC/C=C\C/C=C\C/C=C\C/C=C\CCCCCCCCCCCC(=O)OC(/C=C\CCCCCCCCCCC)C(COP(=O)([O-])OCC[N+](C)(C)C)NC(=O)CC/C=C/C/C=C\CCCCCCCC. The molecular formula is C65H117N2O7P. The van der Waals surface area contributed by atoms with Gasteiger partial charge in [-0.15, -0.1) is 0 Å². The average Bonchev–Trinajstić information content (AvgIpc) is 3.37. The van der Waals surface area contributed by atoms with Crippen molar-refractivity contribution in [1.29, 1.82) is 0 Å². The van der Waals surface area contributed by atoms with Gasteiger partial charge in [-0.25, -0.2) is 0 Å². The van der Waals surface area contributed by atoms with E-state index in [9.17, 15) is 19.0 Å². The maximum absolute atomic E-state index is 13.4. The first kappa shape index (κ1) is 72.2. The van der Waals surface area contributed by atoms with E-state index in [1.165, 1.54) is 141 Å². The third-order valence-electron chi connectivity index (χ3n) is 13.3. The number of unbranched alkanes of at least 4 members (excludes halogenated alkanes) is 27. The molecule has 0 aliphatic carbocycles. The first-order chi connectivity index (χ1) is 36.4. The largest absolute Gasteiger partial charge is 0.756 e. The molecule has 0 fully saturated rings. The summed E-state index contributed by atoms with van der Waals surface area (Å²) in [6.07, 6.45) is 71.4. The lowest BCUT2D eigenvalue weighted by Gasteiger charge is -2.30. The molecule has 3 atom stereocenters. The number of hydrogen-bond acceptors (Lipinski definition) is 7. The van der Waals surface area contributed by atoms with E-state index in [-0.39, 0.29) is 31.3 Å². The summed E-state index contributed by atoms with van der Waals surface area (Å²) in [6, 6.07) is -0.924. The summed E-state index contributed by atoms with van der Waals surface area (Å²) in [7, 11) is 1.14. The number of likely N-dealkylation sites (N-methyl/N-ethyl adjacent to an activating group) is 1. The molecule has 3 unspecified atom stereocenters. The number of esters is 1. The van der Waals surface area contributed by atoms with Gasteiger partial charge in [-0.3, -0.25) is 14.2 Å². The molecule has 0 bridgehead atoms. The van der Waals surface area contributed by atoms with Crippen molar-refractivity contribution >= 4 is 19.7 Å². The van der Waals surface area contributed by atoms with Crippen LogP contribution in [0.4, 0.5) is 0 Å². The smallest absolute Gasteiger partial charge is 0.306 e. The number of carbonyl (C=O) groups excluding carboxylic acids is 2. The number of nitrogens with zero attached hydrogens (tertiary/aromatic N) is 1. The van der Waals surface area contributed by atoms with Crippen LogP contribution in [0.1, 0.15) is 265 Å². The highest BCUT2D eigenvalue weighted by molar-refractivity contribution is 7.45. The predicted molar refractivity (Wildman–Crippen MR) is 321 cm³/mol. The Balaban J connectivity index is 5.18. The van der Waals surface area contributed by atoms with Gasteiger partial charge in [0.25, 0.3) is 7.82 Å². The van der Waals surface area contributed by atoms with Gasteiger partial charge in [0.2, 0.25) is 5.91 Å². The van der Waals surface area contributed by atoms with E-state index in [0.29, 0.717) is 23.9 Å². The van der Waals surface area contributed by atoms with Gasteiger partial charge in [0.15, 0.2) is 0 Å². The highest BCUT2D eigenvalue weighted by Gasteiger charge is 2.27. The van der Waals surface area contributed by atoms with Crippen LogP contribution in [0, 0.1) is 0 Å². The van der Waals surface area contributed by atoms with E-state index in [4.69, 9.17) is 13.8 Å². The Morgan fingerprint density at radius 3 is 1.27 bits per heavy atom. The Kier molecular flexibility index (Phi) is 52.5. The van der Waals surface area contributed by atoms with Crippen LogP contribution in [-0.4, -0.2) is 69.4 Å². The Morgan fingerprint density at radius 2 is 0.827 bits per heavy atom. The van der Waals surface area contributed by atoms with Crippen LogP contribution in [0.5, 0.6) is 0 Å². The standard InChI is InChI=1S/C65H117N2O7P/c1-7-10-13-16-19-22-25-27-28-29-30-31-32-33-34-35-36-37-38-40-43-46-49-52-55-58-65(69)74-63(56-53-50-47-44-41-24-21-18-15-12-9-3)62(61-73-75(70,71)72-60-59-67(4,5)6)66-64(68)57-54-51-48-45-42-39-26-23-20-17-14-11-8-2/h19,22,27-28,30-31,33-34,39,42,48,51,53,56,62-63H,7-18,20-21,23-26,29,32,35-38,40-41,43-47,49-50,52,54-55,57-61H2,1-6H3,(H-,66,68,70,71)/b22-19-,28-27-,31-30-,34-33-,42-39-,51-48+,56-53-. The second-order valence-corrected chi connectivity index (χ2v) is 23.3. The van der Waals surface area contributed by atoms with Gasteiger partial charge >= 0.3 is 5.97 Å². The molecule has 9 nitrogen and oxygen atoms in total. The summed E-state index contributed by atoms with van der Waals surface area (Å²) in [5.41, 5.74) is 0. The monoisotopic (exact) mass is 1070 g/mol. The third-order valence-corrected chi connectivity index (χ3v) is 14.3. The van der Waals surface area contributed by atoms with Crippen molar-refractivity contribution in [2.45, 2.75) is 277 Å². The molecule has 1 amide bonds. The Morgan fingerprint density at radius 1 is 0.467 bits per heavy atom. The Hall–Kier alpha value is -2.81. The van der Waals surface area contributed by atoms with Crippen molar-refractivity contribution in [2.24, 2.45) is 0 Å². The van der Waals surface area contributed by atoms with Gasteiger partial charge < -0.3 is 28.5 Å². The minimum Gasteiger partial charge on any atom is -0.756 e. The van der Waals surface area contributed by atoms with Gasteiger partial charge in [0, 0.05) is 12.8 Å². The normalized spacial score (nSPS) is 14.3. The Bertz CT molecular complexity index is 1560. The number of amides is 1. The second kappa shape index (κ2) is 54.5. The number of allylic oxidation sites excluding steroid dienone is 13. The maximum Gasteiger partial charge on any atom is 0.306 e. The molecule has 0 saturated heterocycles. The van der Waals surface area contributed by atoms with Gasteiger partial charge in [-0.05, 0) is 96.0 Å². The number of rotatable bonds is 55. The summed E-state index contributed by atoms with van der Waals surface area (Å²) in [4.78, 5) is 39.8. The minimum atomic E-state index is -4.71. The molecule has 434 valence electrons. The molecule has 0 aliphatic heterocycles. The summed E-state index contributed by atoms with van der Waals surface area (Å²) in [6.45, 7) is 6.75. The van der Waals surface area contributed by atoms with E-state index < -0.39 is 26.6 Å². The maximum atomic E-state index is 13.4. The Labute approximate surface area is 463 Å². The number of phosphoric acid groups is 1. The lowest BCUT2D eigenvalue weighted by molar-refractivity contribution is -0.870. The van der Waals surface area contributed by atoms with Crippen LogP contribution in [0.2, 0.25) is 0 Å².